The van der Waals surface area contributed by atoms with Gasteiger partial charge in [0.1, 0.15) is 0 Å². The van der Waals surface area contributed by atoms with E-state index in [0.717, 1.165) is 18.2 Å². The van der Waals surface area contributed by atoms with E-state index in [1.807, 2.05) is 4.72 Å². The van der Waals surface area contributed by atoms with Crippen molar-refractivity contribution in [2.45, 2.75) is 11.8 Å². The molecule has 10 heteroatoms. The van der Waals surface area contributed by atoms with Crippen LogP contribution in [0.15, 0.2) is 45.8 Å². The van der Waals surface area contributed by atoms with Crippen LogP contribution < -0.4 is 4.72 Å². The number of halogens is 2. The molecule has 2 rings (SSSR count). The molecule has 7 nitrogen and oxygen atoms in total. The van der Waals surface area contributed by atoms with Crippen molar-refractivity contribution >= 4 is 49.1 Å². The van der Waals surface area contributed by atoms with Gasteiger partial charge in [0.2, 0.25) is 0 Å². The zero-order valence-corrected chi connectivity index (χ0v) is 15.3. The van der Waals surface area contributed by atoms with E-state index in [1.165, 1.54) is 25.1 Å². The number of benzene rings is 2. The maximum Gasteiger partial charge on any atom is 0.269 e. The number of hydrogen-bond donors (Lipinski definition) is 1. The third kappa shape index (κ3) is 3.92. The number of carbonyl (C=O) groups is 1. The molecule has 0 atom stereocenters. The fraction of sp³-hybridized carbons (Fsp3) is 0.0714. The fourth-order valence-electron chi connectivity index (χ4n) is 1.95. The average Bonchev–Trinajstić information content (AvgIpc) is 2.48. The Balaban J connectivity index is 2.36. The molecule has 0 aliphatic heterocycles. The highest BCUT2D eigenvalue weighted by atomic mass is 79.9. The van der Waals surface area contributed by atoms with Gasteiger partial charge >= 0.3 is 0 Å². The Morgan fingerprint density at radius 1 is 1.25 bits per heavy atom. The van der Waals surface area contributed by atoms with Crippen LogP contribution in [-0.2, 0) is 10.0 Å². The third-order valence-corrected chi connectivity index (χ3v) is 5.48. The lowest BCUT2D eigenvalue weighted by Gasteiger charge is -2.10. The molecule has 0 saturated carbocycles. The number of aryl methyl sites for hydroxylation is 1. The van der Waals surface area contributed by atoms with Gasteiger partial charge in [-0.1, -0.05) is 11.6 Å². The van der Waals surface area contributed by atoms with Crippen LogP contribution >= 0.6 is 27.5 Å². The van der Waals surface area contributed by atoms with Crippen molar-refractivity contribution in [2.24, 2.45) is 0 Å². The predicted molar refractivity (Wildman–Crippen MR) is 91.6 cm³/mol. The number of nitro benzene ring substituents is 1. The summed E-state index contributed by atoms with van der Waals surface area (Å²) in [6.45, 7) is 1.40. The smallest absolute Gasteiger partial charge is 0.268 e. The average molecular weight is 434 g/mol. The van der Waals surface area contributed by atoms with Crippen LogP contribution in [0.1, 0.15) is 15.9 Å². The second kappa shape index (κ2) is 6.88. The van der Waals surface area contributed by atoms with Gasteiger partial charge in [-0.05, 0) is 52.7 Å². The minimum Gasteiger partial charge on any atom is -0.268 e. The Hall–Kier alpha value is -1.97. The Bertz CT molecular complexity index is 946. The molecule has 126 valence electrons. The zero-order chi connectivity index (χ0) is 18.1. The minimum atomic E-state index is -4.20. The molecule has 0 radical (unpaired) electrons. The van der Waals surface area contributed by atoms with E-state index >= 15 is 0 Å². The summed E-state index contributed by atoms with van der Waals surface area (Å²) >= 11 is 8.95. The van der Waals surface area contributed by atoms with E-state index < -0.39 is 20.9 Å². The number of sulfonamides is 1. The Morgan fingerprint density at radius 2 is 1.92 bits per heavy atom. The zero-order valence-electron chi connectivity index (χ0n) is 12.1. The van der Waals surface area contributed by atoms with E-state index in [0.29, 0.717) is 4.47 Å². The number of non-ortho nitro benzene ring substituents is 1. The maximum absolute atomic E-state index is 12.4. The van der Waals surface area contributed by atoms with Crippen LogP contribution in [0.4, 0.5) is 5.69 Å². The molecule has 0 fully saturated rings. The molecule has 0 unspecified atom stereocenters. The van der Waals surface area contributed by atoms with Gasteiger partial charge in [0.05, 0.1) is 15.4 Å². The molecule has 0 saturated heterocycles. The lowest BCUT2D eigenvalue weighted by atomic mass is 10.2. The summed E-state index contributed by atoms with van der Waals surface area (Å²) in [4.78, 5) is 22.1. The van der Waals surface area contributed by atoms with Crippen LogP contribution in [0, 0.1) is 17.0 Å². The van der Waals surface area contributed by atoms with Crippen molar-refractivity contribution in [2.75, 3.05) is 0 Å². The molecule has 0 heterocycles. The van der Waals surface area contributed by atoms with Crippen LogP contribution in [-0.4, -0.2) is 19.2 Å². The first-order valence-corrected chi connectivity index (χ1v) is 9.04. The van der Waals surface area contributed by atoms with Gasteiger partial charge < -0.3 is 0 Å². The number of nitrogens with one attached hydrogen (secondary N) is 1. The Labute approximate surface area is 151 Å². The largest absolute Gasteiger partial charge is 0.269 e. The second-order valence-electron chi connectivity index (χ2n) is 4.77. The molecule has 2 aromatic carbocycles. The maximum atomic E-state index is 12.4. The van der Waals surface area contributed by atoms with Crippen molar-refractivity contribution < 1.29 is 18.1 Å². The normalized spacial score (nSPS) is 11.1. The minimum absolute atomic E-state index is 0.0469. The van der Waals surface area contributed by atoms with E-state index in [1.54, 1.807) is 0 Å². The molecule has 1 amide bonds. The molecule has 0 bridgehead atoms. The summed E-state index contributed by atoms with van der Waals surface area (Å²) in [6, 6.07) is 7.63. The van der Waals surface area contributed by atoms with Gasteiger partial charge in [-0.2, -0.15) is 0 Å². The van der Waals surface area contributed by atoms with Gasteiger partial charge in [0.25, 0.3) is 21.6 Å². The van der Waals surface area contributed by atoms with Crippen molar-refractivity contribution in [1.82, 2.24) is 4.72 Å². The standard InChI is InChI=1S/C14H10BrClN2O5S/c1-8-6-10(18(20)21)3-5-13(8)24(22,23)17-14(19)11-7-9(16)2-4-12(11)15/h2-7H,1H3,(H,17,19). The monoisotopic (exact) mass is 432 g/mol. The summed E-state index contributed by atoms with van der Waals surface area (Å²) in [5.74, 6) is -0.873. The lowest BCUT2D eigenvalue weighted by Crippen LogP contribution is -2.31. The predicted octanol–water partition coefficient (Wildman–Crippen LogP) is 3.44. The van der Waals surface area contributed by atoms with Crippen LogP contribution in [0.3, 0.4) is 0 Å². The van der Waals surface area contributed by atoms with Crippen LogP contribution in [0.5, 0.6) is 0 Å². The number of nitrogens with zero attached hydrogens (tertiary/aromatic N) is 1. The molecule has 24 heavy (non-hydrogen) atoms. The summed E-state index contributed by atoms with van der Waals surface area (Å²) in [5.41, 5.74) is -0.0457. The van der Waals surface area contributed by atoms with Crippen molar-refractivity contribution in [1.29, 1.82) is 0 Å². The number of amides is 1. The molecule has 2 aromatic rings. The van der Waals surface area contributed by atoms with Gasteiger partial charge in [0, 0.05) is 21.6 Å². The fourth-order valence-corrected chi connectivity index (χ4v) is 3.74. The quantitative estimate of drug-likeness (QED) is 0.587. The first-order chi connectivity index (χ1) is 11.1. The first kappa shape index (κ1) is 18.4. The molecular formula is C14H10BrClN2O5S. The number of hydrogen-bond acceptors (Lipinski definition) is 5. The first-order valence-electron chi connectivity index (χ1n) is 6.39. The number of nitro groups is 1. The van der Waals surface area contributed by atoms with Gasteiger partial charge in [-0.15, -0.1) is 0 Å². The number of carbonyl (C=O) groups excluding carboxylic acids is 1. The van der Waals surface area contributed by atoms with Crippen molar-refractivity contribution in [3.63, 3.8) is 0 Å². The molecule has 1 N–H and O–H groups in total. The highest BCUT2D eigenvalue weighted by molar-refractivity contribution is 9.10. The second-order valence-corrected chi connectivity index (χ2v) is 7.71. The summed E-state index contributed by atoms with van der Waals surface area (Å²) < 4.78 is 27.0. The van der Waals surface area contributed by atoms with Crippen molar-refractivity contribution in [3.05, 3.63) is 67.1 Å². The van der Waals surface area contributed by atoms with E-state index in [-0.39, 0.29) is 26.7 Å². The highest BCUT2D eigenvalue weighted by Crippen LogP contribution is 2.23. The number of rotatable bonds is 4. The molecule has 0 aliphatic carbocycles. The summed E-state index contributed by atoms with van der Waals surface area (Å²) in [7, 11) is -4.20. The Morgan fingerprint density at radius 3 is 2.50 bits per heavy atom. The third-order valence-electron chi connectivity index (χ3n) is 3.06. The molecular weight excluding hydrogens is 424 g/mol. The van der Waals surface area contributed by atoms with Gasteiger partial charge in [-0.25, -0.2) is 13.1 Å². The SMILES string of the molecule is Cc1cc([N+](=O)[O-])ccc1S(=O)(=O)NC(=O)c1cc(Cl)ccc1Br. The molecule has 0 aromatic heterocycles. The lowest BCUT2D eigenvalue weighted by molar-refractivity contribution is -0.385. The van der Waals surface area contributed by atoms with Crippen LogP contribution in [0.2, 0.25) is 5.02 Å². The Kier molecular flexibility index (Phi) is 5.26. The van der Waals surface area contributed by atoms with Crippen LogP contribution in [0.25, 0.3) is 0 Å². The highest BCUT2D eigenvalue weighted by Gasteiger charge is 2.23. The van der Waals surface area contributed by atoms with Gasteiger partial charge in [-0.3, -0.25) is 14.9 Å². The molecule has 0 aliphatic rings. The van der Waals surface area contributed by atoms with Crippen molar-refractivity contribution in [3.8, 4) is 0 Å². The summed E-state index contributed by atoms with van der Waals surface area (Å²) in [5, 5.41) is 11.0. The van der Waals surface area contributed by atoms with E-state index in [9.17, 15) is 23.3 Å². The van der Waals surface area contributed by atoms with E-state index in [2.05, 4.69) is 15.9 Å². The van der Waals surface area contributed by atoms with Gasteiger partial charge in [0.15, 0.2) is 0 Å². The molecule has 0 spiro atoms. The summed E-state index contributed by atoms with van der Waals surface area (Å²) in [6.07, 6.45) is 0. The van der Waals surface area contributed by atoms with E-state index in [4.69, 9.17) is 11.6 Å². The topological polar surface area (TPSA) is 106 Å².